The maximum atomic E-state index is 11.7. The van der Waals surface area contributed by atoms with Crippen molar-refractivity contribution in [3.63, 3.8) is 0 Å². The van der Waals surface area contributed by atoms with E-state index in [1.807, 2.05) is 0 Å². The van der Waals surface area contributed by atoms with Gasteiger partial charge in [-0.15, -0.1) is 0 Å². The summed E-state index contributed by atoms with van der Waals surface area (Å²) in [6.07, 6.45) is 3.27. The molecule has 0 aliphatic carbocycles. The Kier molecular flexibility index (Phi) is 4.20. The monoisotopic (exact) mass is 214 g/mol. The fourth-order valence-electron chi connectivity index (χ4n) is 1.53. The zero-order valence-electron chi connectivity index (χ0n) is 8.94. The van der Waals surface area contributed by atoms with Gasteiger partial charge < -0.3 is 21.2 Å². The zero-order chi connectivity index (χ0) is 11.3. The van der Waals surface area contributed by atoms with E-state index in [1.54, 1.807) is 11.8 Å². The number of rotatable bonds is 2. The van der Waals surface area contributed by atoms with E-state index in [0.717, 1.165) is 25.9 Å². The second-order valence-electron chi connectivity index (χ2n) is 3.74. The van der Waals surface area contributed by atoms with Gasteiger partial charge in [0.1, 0.15) is 0 Å². The van der Waals surface area contributed by atoms with E-state index < -0.39 is 6.04 Å². The summed E-state index contributed by atoms with van der Waals surface area (Å²) in [6.45, 7) is 3.25. The lowest BCUT2D eigenvalue weighted by molar-refractivity contribution is 0.185. The largest absolute Gasteiger partial charge is 0.409 e. The van der Waals surface area contributed by atoms with E-state index in [0.29, 0.717) is 0 Å². The molecule has 6 heteroatoms. The molecule has 1 aliphatic rings. The Balaban J connectivity index is 2.40. The molecule has 0 aromatic rings. The minimum atomic E-state index is -0.440. The number of carbonyl (C=O) groups is 1. The molecule has 0 radical (unpaired) electrons. The molecule has 86 valence electrons. The molecular weight excluding hydrogens is 196 g/mol. The minimum absolute atomic E-state index is 0.0142. The molecule has 1 rings (SSSR count). The normalized spacial score (nSPS) is 19.8. The van der Waals surface area contributed by atoms with Crippen LogP contribution in [0.2, 0.25) is 0 Å². The lowest BCUT2D eigenvalue weighted by Gasteiger charge is -2.28. The predicted molar refractivity (Wildman–Crippen MR) is 56.8 cm³/mol. The van der Waals surface area contributed by atoms with Crippen molar-refractivity contribution in [3.8, 4) is 0 Å². The molecule has 0 aromatic carbocycles. The van der Waals surface area contributed by atoms with Crippen molar-refractivity contribution in [1.29, 1.82) is 0 Å². The van der Waals surface area contributed by atoms with Gasteiger partial charge in [-0.25, -0.2) is 4.79 Å². The molecule has 15 heavy (non-hydrogen) atoms. The van der Waals surface area contributed by atoms with E-state index in [2.05, 4.69) is 10.5 Å². The third-order valence-electron chi connectivity index (χ3n) is 2.54. The summed E-state index contributed by atoms with van der Waals surface area (Å²) in [7, 11) is 0. The summed E-state index contributed by atoms with van der Waals surface area (Å²) < 4.78 is 0. The number of nitrogens with two attached hydrogens (primary N) is 1. The Labute approximate surface area is 89.1 Å². The van der Waals surface area contributed by atoms with Crippen molar-refractivity contribution in [2.75, 3.05) is 13.1 Å². The van der Waals surface area contributed by atoms with Gasteiger partial charge in [-0.1, -0.05) is 5.16 Å². The quantitative estimate of drug-likeness (QED) is 0.267. The average Bonchev–Trinajstić information content (AvgIpc) is 2.29. The molecule has 1 fully saturated rings. The first-order valence-corrected chi connectivity index (χ1v) is 5.18. The number of amidine groups is 1. The van der Waals surface area contributed by atoms with Crippen LogP contribution < -0.4 is 11.1 Å². The van der Waals surface area contributed by atoms with Gasteiger partial charge in [0.15, 0.2) is 5.84 Å². The fourth-order valence-corrected chi connectivity index (χ4v) is 1.53. The number of nitrogens with one attached hydrogen (secondary N) is 1. The third kappa shape index (κ3) is 3.30. The number of oxime groups is 1. The first kappa shape index (κ1) is 11.6. The molecule has 0 bridgehead atoms. The summed E-state index contributed by atoms with van der Waals surface area (Å²) in [6, 6.07) is -0.585. The Morgan fingerprint density at radius 1 is 1.47 bits per heavy atom. The van der Waals surface area contributed by atoms with Crippen molar-refractivity contribution in [2.24, 2.45) is 10.9 Å². The number of piperidine rings is 1. The highest BCUT2D eigenvalue weighted by molar-refractivity contribution is 5.89. The Morgan fingerprint density at radius 3 is 2.60 bits per heavy atom. The number of hydrogen-bond acceptors (Lipinski definition) is 3. The molecule has 4 N–H and O–H groups in total. The van der Waals surface area contributed by atoms with Gasteiger partial charge in [0.25, 0.3) is 0 Å². The summed E-state index contributed by atoms with van der Waals surface area (Å²) >= 11 is 0. The first-order chi connectivity index (χ1) is 7.15. The molecule has 0 aromatic heterocycles. The van der Waals surface area contributed by atoms with Crippen LogP contribution in [0.1, 0.15) is 26.2 Å². The van der Waals surface area contributed by atoms with Crippen molar-refractivity contribution in [2.45, 2.75) is 32.2 Å². The van der Waals surface area contributed by atoms with Crippen LogP contribution in [0.15, 0.2) is 5.16 Å². The lowest BCUT2D eigenvalue weighted by atomic mass is 10.1. The van der Waals surface area contributed by atoms with E-state index in [9.17, 15) is 4.79 Å². The maximum absolute atomic E-state index is 11.7. The van der Waals surface area contributed by atoms with E-state index in [1.165, 1.54) is 6.42 Å². The highest BCUT2D eigenvalue weighted by Gasteiger charge is 2.19. The highest BCUT2D eigenvalue weighted by Crippen LogP contribution is 2.08. The number of amides is 2. The number of carbonyl (C=O) groups excluding carboxylic acids is 1. The van der Waals surface area contributed by atoms with E-state index in [-0.39, 0.29) is 11.9 Å². The molecule has 1 atom stereocenters. The van der Waals surface area contributed by atoms with Gasteiger partial charge >= 0.3 is 6.03 Å². The molecule has 0 spiro atoms. The molecule has 1 unspecified atom stereocenters. The summed E-state index contributed by atoms with van der Waals surface area (Å²) in [5, 5.41) is 13.9. The van der Waals surface area contributed by atoms with Crippen molar-refractivity contribution in [3.05, 3.63) is 0 Å². The van der Waals surface area contributed by atoms with Crippen LogP contribution in [0.25, 0.3) is 0 Å². The van der Waals surface area contributed by atoms with Crippen LogP contribution in [0.3, 0.4) is 0 Å². The number of nitrogens with zero attached hydrogens (tertiary/aromatic N) is 2. The van der Waals surface area contributed by atoms with Gasteiger partial charge in [-0.2, -0.15) is 0 Å². The minimum Gasteiger partial charge on any atom is -0.409 e. The smallest absolute Gasteiger partial charge is 0.317 e. The van der Waals surface area contributed by atoms with Gasteiger partial charge in [0, 0.05) is 13.1 Å². The van der Waals surface area contributed by atoms with E-state index >= 15 is 0 Å². The predicted octanol–water partition coefficient (Wildman–Crippen LogP) is 0.317. The van der Waals surface area contributed by atoms with Crippen molar-refractivity contribution < 1.29 is 10.0 Å². The number of hydrogen-bond donors (Lipinski definition) is 3. The highest BCUT2D eigenvalue weighted by atomic mass is 16.4. The van der Waals surface area contributed by atoms with Gasteiger partial charge in [0.2, 0.25) is 0 Å². The molecule has 1 heterocycles. The van der Waals surface area contributed by atoms with E-state index in [4.69, 9.17) is 10.9 Å². The Hall–Kier alpha value is -1.46. The molecule has 0 saturated carbocycles. The number of likely N-dealkylation sites (tertiary alicyclic amines) is 1. The molecule has 6 nitrogen and oxygen atoms in total. The SMILES string of the molecule is CC(NC(=O)N1CCCCC1)C(N)=NO. The zero-order valence-corrected chi connectivity index (χ0v) is 8.94. The summed E-state index contributed by atoms with van der Waals surface area (Å²) in [5.41, 5.74) is 5.36. The second kappa shape index (κ2) is 5.43. The standard InChI is InChI=1S/C9H18N4O2/c1-7(8(10)12-15)11-9(14)13-5-3-2-4-6-13/h7,15H,2-6H2,1H3,(H2,10,12)(H,11,14). The van der Waals surface area contributed by atoms with Crippen molar-refractivity contribution >= 4 is 11.9 Å². The first-order valence-electron chi connectivity index (χ1n) is 5.18. The van der Waals surface area contributed by atoms with Gasteiger partial charge in [-0.3, -0.25) is 0 Å². The van der Waals surface area contributed by atoms with Crippen LogP contribution in [0.4, 0.5) is 4.79 Å². The van der Waals surface area contributed by atoms with Crippen LogP contribution in [-0.2, 0) is 0 Å². The second-order valence-corrected chi connectivity index (χ2v) is 3.74. The lowest BCUT2D eigenvalue weighted by Crippen LogP contribution is -2.49. The molecule has 1 aliphatic heterocycles. The van der Waals surface area contributed by atoms with Gasteiger partial charge in [0.05, 0.1) is 6.04 Å². The Morgan fingerprint density at radius 2 is 2.07 bits per heavy atom. The third-order valence-corrected chi connectivity index (χ3v) is 2.54. The van der Waals surface area contributed by atoms with Crippen LogP contribution in [0, 0.1) is 0 Å². The molecular formula is C9H18N4O2. The van der Waals surface area contributed by atoms with Crippen LogP contribution in [0.5, 0.6) is 0 Å². The summed E-state index contributed by atoms with van der Waals surface area (Å²) in [5.74, 6) is 0.0142. The van der Waals surface area contributed by atoms with Gasteiger partial charge in [-0.05, 0) is 26.2 Å². The molecule has 1 saturated heterocycles. The topological polar surface area (TPSA) is 91.0 Å². The Bertz CT molecular complexity index is 248. The van der Waals surface area contributed by atoms with Crippen LogP contribution in [-0.4, -0.2) is 41.1 Å². The average molecular weight is 214 g/mol. The molecule has 2 amide bonds. The number of urea groups is 1. The maximum Gasteiger partial charge on any atom is 0.317 e. The van der Waals surface area contributed by atoms with Crippen molar-refractivity contribution in [1.82, 2.24) is 10.2 Å². The van der Waals surface area contributed by atoms with Crippen LogP contribution >= 0.6 is 0 Å². The fraction of sp³-hybridized carbons (Fsp3) is 0.778. The summed E-state index contributed by atoms with van der Waals surface area (Å²) in [4.78, 5) is 13.4.